The van der Waals surface area contributed by atoms with Gasteiger partial charge in [0.05, 0.1) is 24.7 Å². The molecule has 1 aromatic rings. The molecule has 0 radical (unpaired) electrons. The van der Waals surface area contributed by atoms with Gasteiger partial charge in [-0.2, -0.15) is 0 Å². The molecule has 2 N–H and O–H groups in total. The lowest BCUT2D eigenvalue weighted by atomic mass is 9.78. The first kappa shape index (κ1) is 16.6. The molecule has 0 spiro atoms. The van der Waals surface area contributed by atoms with E-state index in [1.807, 2.05) is 6.07 Å². The summed E-state index contributed by atoms with van der Waals surface area (Å²) < 4.78 is 5.14. The van der Waals surface area contributed by atoms with Gasteiger partial charge in [-0.3, -0.25) is 4.79 Å². The third-order valence-electron chi connectivity index (χ3n) is 5.33. The minimum absolute atomic E-state index is 0.0763. The molecule has 4 nitrogen and oxygen atoms in total. The van der Waals surface area contributed by atoms with E-state index in [0.29, 0.717) is 23.4 Å². The predicted octanol–water partition coefficient (Wildman–Crippen LogP) is 2.52. The smallest absolute Gasteiger partial charge is 0.279 e. The van der Waals surface area contributed by atoms with Gasteiger partial charge in [0.1, 0.15) is 5.75 Å². The molecule has 126 valence electrons. The average molecular weight is 338 g/mol. The summed E-state index contributed by atoms with van der Waals surface area (Å²) in [5, 5.41) is 3.49. The van der Waals surface area contributed by atoms with Crippen LogP contribution >= 0.6 is 11.6 Å². The molecular formula is C18H26ClN2O2+. The monoisotopic (exact) mass is 337 g/mol. The molecule has 2 aliphatic rings. The summed E-state index contributed by atoms with van der Waals surface area (Å²) in [5.41, 5.74) is 0.734. The third kappa shape index (κ3) is 3.99. The largest absolute Gasteiger partial charge is 0.495 e. The maximum atomic E-state index is 12.4. The van der Waals surface area contributed by atoms with Crippen molar-refractivity contribution in [1.29, 1.82) is 0 Å². The van der Waals surface area contributed by atoms with Gasteiger partial charge in [-0.25, -0.2) is 0 Å². The van der Waals surface area contributed by atoms with E-state index in [9.17, 15) is 4.79 Å². The summed E-state index contributed by atoms with van der Waals surface area (Å²) in [7, 11) is 1.58. The fourth-order valence-electron chi connectivity index (χ4n) is 4.24. The summed E-state index contributed by atoms with van der Waals surface area (Å²) >= 11 is 6.11. The Balaban J connectivity index is 1.59. The SMILES string of the molecule is COc1ccc(NC(=O)C[NH+]2CCC[C@H]3CCCC[C@@H]32)cc1Cl. The van der Waals surface area contributed by atoms with Gasteiger partial charge in [0.25, 0.3) is 5.91 Å². The fourth-order valence-corrected chi connectivity index (χ4v) is 4.50. The number of amides is 1. The van der Waals surface area contributed by atoms with Gasteiger partial charge in [-0.05, 0) is 50.3 Å². The first-order chi connectivity index (χ1) is 11.2. The van der Waals surface area contributed by atoms with Gasteiger partial charge < -0.3 is 15.0 Å². The molecule has 0 aromatic heterocycles. The fraction of sp³-hybridized carbons (Fsp3) is 0.611. The van der Waals surface area contributed by atoms with E-state index < -0.39 is 0 Å². The van der Waals surface area contributed by atoms with Crippen LogP contribution in [0.15, 0.2) is 18.2 Å². The molecule has 1 saturated carbocycles. The lowest BCUT2D eigenvalue weighted by molar-refractivity contribution is -0.928. The second-order valence-corrected chi connectivity index (χ2v) is 7.18. The minimum atomic E-state index is 0.0763. The Kier molecular flexibility index (Phi) is 5.44. The second-order valence-electron chi connectivity index (χ2n) is 6.78. The Morgan fingerprint density at radius 3 is 2.87 bits per heavy atom. The van der Waals surface area contributed by atoms with Crippen LogP contribution in [0.5, 0.6) is 5.75 Å². The van der Waals surface area contributed by atoms with Crippen LogP contribution < -0.4 is 15.0 Å². The van der Waals surface area contributed by atoms with Crippen LogP contribution in [-0.4, -0.2) is 32.1 Å². The molecule has 1 aliphatic carbocycles. The van der Waals surface area contributed by atoms with E-state index in [1.54, 1.807) is 19.2 Å². The quantitative estimate of drug-likeness (QED) is 0.886. The number of nitrogens with one attached hydrogen (secondary N) is 2. The molecule has 3 atom stereocenters. The number of carbonyl (C=O) groups is 1. The number of rotatable bonds is 4. The van der Waals surface area contributed by atoms with Crippen LogP contribution in [0.2, 0.25) is 5.02 Å². The van der Waals surface area contributed by atoms with Crippen molar-refractivity contribution in [3.05, 3.63) is 23.2 Å². The summed E-state index contributed by atoms with van der Waals surface area (Å²) in [6, 6.07) is 6.04. The topological polar surface area (TPSA) is 42.8 Å². The van der Waals surface area contributed by atoms with Crippen molar-refractivity contribution in [2.45, 2.75) is 44.6 Å². The predicted molar refractivity (Wildman–Crippen MR) is 92.3 cm³/mol. The number of hydrogen-bond donors (Lipinski definition) is 2. The summed E-state index contributed by atoms with van der Waals surface area (Å²) in [6.07, 6.45) is 7.92. The number of carbonyl (C=O) groups excluding carboxylic acids is 1. The number of benzene rings is 1. The molecule has 5 heteroatoms. The molecule has 3 rings (SSSR count). The highest BCUT2D eigenvalue weighted by Gasteiger charge is 2.37. The van der Waals surface area contributed by atoms with Crippen LogP contribution in [-0.2, 0) is 4.79 Å². The highest BCUT2D eigenvalue weighted by atomic mass is 35.5. The zero-order valence-electron chi connectivity index (χ0n) is 13.7. The number of anilines is 1. The molecule has 0 bridgehead atoms. The summed E-state index contributed by atoms with van der Waals surface area (Å²) in [4.78, 5) is 13.9. The number of ether oxygens (including phenoxy) is 1. The normalized spacial score (nSPS) is 27.1. The minimum Gasteiger partial charge on any atom is -0.495 e. The van der Waals surface area contributed by atoms with Crippen molar-refractivity contribution in [2.75, 3.05) is 25.5 Å². The van der Waals surface area contributed by atoms with Gasteiger partial charge >= 0.3 is 0 Å². The van der Waals surface area contributed by atoms with E-state index in [-0.39, 0.29) is 5.91 Å². The van der Waals surface area contributed by atoms with E-state index >= 15 is 0 Å². The molecule has 1 unspecified atom stereocenters. The van der Waals surface area contributed by atoms with Gasteiger partial charge in [0.15, 0.2) is 6.54 Å². The second kappa shape index (κ2) is 7.54. The van der Waals surface area contributed by atoms with Crippen LogP contribution in [0, 0.1) is 5.92 Å². The van der Waals surface area contributed by atoms with E-state index in [0.717, 1.165) is 18.2 Å². The van der Waals surface area contributed by atoms with Gasteiger partial charge in [0, 0.05) is 11.6 Å². The lowest BCUT2D eigenvalue weighted by Crippen LogP contribution is -3.18. The van der Waals surface area contributed by atoms with E-state index in [2.05, 4.69) is 5.32 Å². The third-order valence-corrected chi connectivity index (χ3v) is 5.62. The number of hydrogen-bond acceptors (Lipinski definition) is 2. The Morgan fingerprint density at radius 1 is 1.30 bits per heavy atom. The van der Waals surface area contributed by atoms with Crippen molar-refractivity contribution >= 4 is 23.2 Å². The molecular weight excluding hydrogens is 312 g/mol. The van der Waals surface area contributed by atoms with E-state index in [4.69, 9.17) is 16.3 Å². The van der Waals surface area contributed by atoms with Gasteiger partial charge in [0.2, 0.25) is 0 Å². The van der Waals surface area contributed by atoms with E-state index in [1.165, 1.54) is 43.4 Å². The Labute approximate surface area is 143 Å². The first-order valence-electron chi connectivity index (χ1n) is 8.65. The zero-order valence-corrected chi connectivity index (χ0v) is 14.5. The number of piperidine rings is 1. The zero-order chi connectivity index (χ0) is 16.2. The maximum Gasteiger partial charge on any atom is 0.279 e. The van der Waals surface area contributed by atoms with Crippen molar-refractivity contribution < 1.29 is 14.4 Å². The Bertz CT molecular complexity index is 562. The van der Waals surface area contributed by atoms with Crippen LogP contribution in [0.3, 0.4) is 0 Å². The van der Waals surface area contributed by atoms with Crippen molar-refractivity contribution in [3.63, 3.8) is 0 Å². The number of quaternary nitrogens is 1. The molecule has 1 aromatic carbocycles. The number of halogens is 1. The van der Waals surface area contributed by atoms with Crippen LogP contribution in [0.25, 0.3) is 0 Å². The molecule has 23 heavy (non-hydrogen) atoms. The summed E-state index contributed by atoms with van der Waals surface area (Å²) in [6.45, 7) is 1.68. The molecule has 1 heterocycles. The molecule has 1 saturated heterocycles. The highest BCUT2D eigenvalue weighted by Crippen LogP contribution is 2.29. The van der Waals surface area contributed by atoms with Gasteiger partial charge in [-0.1, -0.05) is 18.0 Å². The maximum absolute atomic E-state index is 12.4. The first-order valence-corrected chi connectivity index (χ1v) is 9.03. The Hall–Kier alpha value is -1.26. The molecule has 2 fully saturated rings. The molecule has 1 aliphatic heterocycles. The number of likely N-dealkylation sites (tertiary alicyclic amines) is 1. The average Bonchev–Trinajstić information content (AvgIpc) is 2.55. The van der Waals surface area contributed by atoms with Gasteiger partial charge in [-0.15, -0.1) is 0 Å². The van der Waals surface area contributed by atoms with Crippen LogP contribution in [0.1, 0.15) is 38.5 Å². The summed E-state index contributed by atoms with van der Waals surface area (Å²) in [5.74, 6) is 1.53. The van der Waals surface area contributed by atoms with Crippen molar-refractivity contribution in [1.82, 2.24) is 0 Å². The number of fused-ring (bicyclic) bond motifs is 1. The Morgan fingerprint density at radius 2 is 2.09 bits per heavy atom. The number of methoxy groups -OCH3 is 1. The molecule has 1 amide bonds. The van der Waals surface area contributed by atoms with Crippen molar-refractivity contribution in [2.24, 2.45) is 5.92 Å². The van der Waals surface area contributed by atoms with Crippen molar-refractivity contribution in [3.8, 4) is 5.75 Å². The lowest BCUT2D eigenvalue weighted by Gasteiger charge is -2.40. The van der Waals surface area contributed by atoms with Crippen LogP contribution in [0.4, 0.5) is 5.69 Å². The standard InChI is InChI=1S/C18H25ClN2O2/c1-23-17-9-8-14(11-15(17)19)20-18(22)12-21-10-4-6-13-5-2-3-7-16(13)21/h8-9,11,13,16H,2-7,10,12H2,1H3,(H,20,22)/p+1/t13-,16+/m1/s1. The highest BCUT2D eigenvalue weighted by molar-refractivity contribution is 6.32.